The maximum absolute atomic E-state index is 2.40. The molecule has 6 rings (SSSR count). The number of benzene rings is 6. The summed E-state index contributed by atoms with van der Waals surface area (Å²) in [6.07, 6.45) is 2.24. The summed E-state index contributed by atoms with van der Waals surface area (Å²) in [6.45, 7) is 0. The van der Waals surface area contributed by atoms with Crippen LogP contribution in [0, 0.1) is 0 Å². The van der Waals surface area contributed by atoms with Crippen LogP contribution in [0.3, 0.4) is 0 Å². The van der Waals surface area contributed by atoms with E-state index < -0.39 is 14.5 Å². The van der Waals surface area contributed by atoms with Crippen molar-refractivity contribution in [2.45, 2.75) is 0 Å². The molecule has 0 saturated heterocycles. The minimum absolute atomic E-state index is 1.12. The van der Waals surface area contributed by atoms with E-state index in [0.717, 1.165) is 12.3 Å². The Morgan fingerprint density at radius 1 is 0.225 bits per heavy atom. The molecule has 0 aliphatic heterocycles. The van der Waals surface area contributed by atoms with Gasteiger partial charge in [0.25, 0.3) is 0 Å². The quantitative estimate of drug-likeness (QED) is 0.181. The zero-order valence-corrected chi connectivity index (χ0v) is 24.7. The van der Waals surface area contributed by atoms with Gasteiger partial charge < -0.3 is 0 Å². The molecule has 2 heteroatoms. The van der Waals surface area contributed by atoms with Crippen LogP contribution in [-0.4, -0.2) is 12.3 Å². The van der Waals surface area contributed by atoms with Crippen molar-refractivity contribution in [3.05, 3.63) is 182 Å². The summed E-state index contributed by atoms with van der Waals surface area (Å²) in [4.78, 5) is 0. The monoisotopic (exact) mass is 554 g/mol. The van der Waals surface area contributed by atoms with Crippen LogP contribution in [0.5, 0.6) is 0 Å². The van der Waals surface area contributed by atoms with Crippen molar-refractivity contribution in [2.24, 2.45) is 0 Å². The SMILES string of the molecule is c1ccc([PH](CC[PH](c2ccccc2)(c2ccccc2)c2ccccc2)(c2ccccc2)c2ccccc2)cc1. The van der Waals surface area contributed by atoms with Gasteiger partial charge in [-0.1, -0.05) is 0 Å². The number of hydrogen-bond donors (Lipinski definition) is 0. The van der Waals surface area contributed by atoms with Gasteiger partial charge in [0.2, 0.25) is 0 Å². The van der Waals surface area contributed by atoms with Gasteiger partial charge in [-0.05, 0) is 0 Å². The van der Waals surface area contributed by atoms with Crippen LogP contribution >= 0.6 is 14.5 Å². The third-order valence-corrected chi connectivity index (χ3v) is 18.9. The first-order valence-electron chi connectivity index (χ1n) is 14.2. The van der Waals surface area contributed by atoms with E-state index in [4.69, 9.17) is 0 Å². The van der Waals surface area contributed by atoms with Gasteiger partial charge in [0.05, 0.1) is 0 Å². The molecule has 6 aromatic rings. The number of rotatable bonds is 9. The Bertz CT molecular complexity index is 1280. The van der Waals surface area contributed by atoms with Gasteiger partial charge in [0.15, 0.2) is 0 Å². The molecule has 0 amide bonds. The average molecular weight is 555 g/mol. The molecule has 0 aliphatic carbocycles. The van der Waals surface area contributed by atoms with Gasteiger partial charge >= 0.3 is 241 Å². The van der Waals surface area contributed by atoms with Crippen LogP contribution in [0.2, 0.25) is 0 Å². The van der Waals surface area contributed by atoms with Gasteiger partial charge in [0.1, 0.15) is 0 Å². The molecule has 0 aromatic heterocycles. The molecule has 198 valence electrons. The molecule has 0 heterocycles. The van der Waals surface area contributed by atoms with Crippen molar-refractivity contribution in [1.82, 2.24) is 0 Å². The normalized spacial score (nSPS) is 12.5. The van der Waals surface area contributed by atoms with Crippen LogP contribution in [0.1, 0.15) is 0 Å². The standard InChI is InChI=1S/C38H36P2/c1-7-19-33(20-8-1)39(34-21-9-2-10-22-34,35-23-11-3-12-24-35)31-32-40(36-25-13-4-14-26-36,37-27-15-5-16-28-37)38-29-17-6-18-30-38/h1-30,39-40H,31-32H2. The second kappa shape index (κ2) is 12.1. The van der Waals surface area contributed by atoms with E-state index in [-0.39, 0.29) is 0 Å². The van der Waals surface area contributed by atoms with Crippen molar-refractivity contribution < 1.29 is 0 Å². The van der Waals surface area contributed by atoms with Gasteiger partial charge in [-0.15, -0.1) is 0 Å². The molecule has 6 aromatic carbocycles. The van der Waals surface area contributed by atoms with E-state index in [1.807, 2.05) is 0 Å². The van der Waals surface area contributed by atoms with Crippen LogP contribution in [0.25, 0.3) is 0 Å². The molecule has 0 N–H and O–H groups in total. The first-order chi connectivity index (χ1) is 19.8. The molecule has 0 fully saturated rings. The van der Waals surface area contributed by atoms with E-state index in [1.165, 1.54) is 31.8 Å². The third-order valence-electron chi connectivity index (χ3n) is 8.47. The summed E-state index contributed by atoms with van der Waals surface area (Å²) in [6, 6.07) is 68.1. The zero-order valence-electron chi connectivity index (χ0n) is 22.7. The van der Waals surface area contributed by atoms with Gasteiger partial charge in [0, 0.05) is 0 Å². The maximum atomic E-state index is 2.38. The molecule has 0 atom stereocenters. The molecule has 40 heavy (non-hydrogen) atoms. The second-order valence-corrected chi connectivity index (χ2v) is 18.6. The Kier molecular flexibility index (Phi) is 8.02. The molecule has 0 bridgehead atoms. The van der Waals surface area contributed by atoms with E-state index in [0.29, 0.717) is 0 Å². The molecule has 0 radical (unpaired) electrons. The van der Waals surface area contributed by atoms with Gasteiger partial charge in [-0.2, -0.15) is 0 Å². The molecule has 0 nitrogen and oxygen atoms in total. The van der Waals surface area contributed by atoms with Crippen LogP contribution in [0.4, 0.5) is 0 Å². The second-order valence-electron chi connectivity index (χ2n) is 10.5. The average Bonchev–Trinajstić information content (AvgIpc) is 3.06. The van der Waals surface area contributed by atoms with Crippen LogP contribution in [0.15, 0.2) is 182 Å². The summed E-state index contributed by atoms with van der Waals surface area (Å²) >= 11 is 0. The van der Waals surface area contributed by atoms with E-state index in [2.05, 4.69) is 182 Å². The zero-order chi connectivity index (χ0) is 27.1. The molecule has 0 unspecified atom stereocenters. The minimum atomic E-state index is -2.40. The van der Waals surface area contributed by atoms with Gasteiger partial charge in [-0.25, -0.2) is 0 Å². The summed E-state index contributed by atoms with van der Waals surface area (Å²) in [5.74, 6) is 0. The van der Waals surface area contributed by atoms with E-state index in [1.54, 1.807) is 0 Å². The topological polar surface area (TPSA) is 0 Å². The third kappa shape index (κ3) is 4.95. The Morgan fingerprint density at radius 3 is 0.525 bits per heavy atom. The van der Waals surface area contributed by atoms with Crippen molar-refractivity contribution in [3.63, 3.8) is 0 Å². The van der Waals surface area contributed by atoms with Crippen molar-refractivity contribution in [2.75, 3.05) is 12.3 Å². The Labute approximate surface area is 240 Å². The van der Waals surface area contributed by atoms with E-state index >= 15 is 0 Å². The predicted molar refractivity (Wildman–Crippen MR) is 183 cm³/mol. The Balaban J connectivity index is 1.62. The molecule has 0 saturated carbocycles. The first kappa shape index (κ1) is 26.4. The fourth-order valence-electron chi connectivity index (χ4n) is 6.58. The summed E-state index contributed by atoms with van der Waals surface area (Å²) in [5.41, 5.74) is 0. The fraction of sp³-hybridized carbons (Fsp3) is 0.0526. The Hall–Kier alpha value is -3.82. The summed E-state index contributed by atoms with van der Waals surface area (Å²) in [7, 11) is -4.80. The van der Waals surface area contributed by atoms with E-state index in [9.17, 15) is 0 Å². The number of hydrogen-bond acceptors (Lipinski definition) is 0. The Morgan fingerprint density at radius 2 is 0.375 bits per heavy atom. The summed E-state index contributed by atoms with van der Waals surface area (Å²) in [5, 5.41) is 8.86. The van der Waals surface area contributed by atoms with Crippen molar-refractivity contribution in [3.8, 4) is 0 Å². The predicted octanol–water partition coefficient (Wildman–Crippen LogP) is 6.44. The molecule has 0 spiro atoms. The molecular formula is C38H36P2. The molecule has 0 aliphatic rings. The van der Waals surface area contributed by atoms with Crippen molar-refractivity contribution >= 4 is 46.4 Å². The first-order valence-corrected chi connectivity index (χ1v) is 18.6. The van der Waals surface area contributed by atoms with Crippen LogP contribution in [-0.2, 0) is 0 Å². The van der Waals surface area contributed by atoms with Crippen molar-refractivity contribution in [1.29, 1.82) is 0 Å². The summed E-state index contributed by atoms with van der Waals surface area (Å²) < 4.78 is 0. The fourth-order valence-corrected chi connectivity index (χ4v) is 17.9. The van der Waals surface area contributed by atoms with Gasteiger partial charge in [-0.3, -0.25) is 0 Å². The van der Waals surface area contributed by atoms with Crippen LogP contribution < -0.4 is 31.8 Å². The molecular weight excluding hydrogens is 518 g/mol.